The van der Waals surface area contributed by atoms with E-state index in [1.807, 2.05) is 72.8 Å². The lowest BCUT2D eigenvalue weighted by Gasteiger charge is -2.12. The summed E-state index contributed by atoms with van der Waals surface area (Å²) in [5.74, 6) is 0.510. The number of carbonyl (C=O) groups excluding carboxylic acids is 1. The first-order valence-electron chi connectivity index (χ1n) is 12.2. The Hall–Kier alpha value is -4.71. The molecule has 1 amide bonds. The van der Waals surface area contributed by atoms with Crippen molar-refractivity contribution in [2.24, 2.45) is 10.2 Å². The Morgan fingerprint density at radius 1 is 0.919 bits per heavy atom. The van der Waals surface area contributed by atoms with Crippen molar-refractivity contribution in [2.75, 3.05) is 0 Å². The number of nitrogens with one attached hydrogen (secondary N) is 1. The third-order valence-electron chi connectivity index (χ3n) is 6.25. The van der Waals surface area contributed by atoms with E-state index in [1.165, 1.54) is 0 Å². The molecule has 184 valence electrons. The minimum Gasteiger partial charge on any atom is -0.493 e. The summed E-state index contributed by atoms with van der Waals surface area (Å²) in [5.41, 5.74) is 5.54. The molecule has 5 rings (SSSR count). The Labute approximate surface area is 215 Å². The van der Waals surface area contributed by atoms with Gasteiger partial charge in [0.1, 0.15) is 12.4 Å². The second-order valence-corrected chi connectivity index (χ2v) is 9.13. The van der Waals surface area contributed by atoms with Crippen LogP contribution in [0.1, 0.15) is 41.3 Å². The zero-order chi connectivity index (χ0) is 25.8. The predicted octanol–water partition coefficient (Wildman–Crippen LogP) is 8.17. The summed E-state index contributed by atoms with van der Waals surface area (Å²) in [6.45, 7) is 4.55. The van der Waals surface area contributed by atoms with E-state index >= 15 is 0 Å². The summed E-state index contributed by atoms with van der Waals surface area (Å²) in [7, 11) is 0. The second-order valence-electron chi connectivity index (χ2n) is 9.13. The van der Waals surface area contributed by atoms with Gasteiger partial charge in [-0.3, -0.25) is 4.79 Å². The fourth-order valence-corrected chi connectivity index (χ4v) is 4.15. The van der Waals surface area contributed by atoms with E-state index in [1.54, 1.807) is 12.1 Å². The molecule has 6 nitrogen and oxygen atoms in total. The van der Waals surface area contributed by atoms with Crippen molar-refractivity contribution in [3.63, 3.8) is 0 Å². The summed E-state index contributed by atoms with van der Waals surface area (Å²) in [4.78, 5) is 15.6. The summed E-state index contributed by atoms with van der Waals surface area (Å²) in [6, 6.07) is 31.0. The van der Waals surface area contributed by atoms with Crippen LogP contribution in [0.3, 0.4) is 0 Å². The molecule has 0 spiro atoms. The molecule has 1 aromatic heterocycles. The number of hydrogen-bond donors (Lipinski definition) is 2. The quantitative estimate of drug-likeness (QED) is 0.226. The molecule has 0 saturated heterocycles. The molecule has 0 saturated carbocycles. The maximum Gasteiger partial charge on any atom is 0.295 e. The maximum absolute atomic E-state index is 12.7. The summed E-state index contributed by atoms with van der Waals surface area (Å²) < 4.78 is 6.10. The van der Waals surface area contributed by atoms with Gasteiger partial charge in [0.25, 0.3) is 5.91 Å². The molecule has 0 fully saturated rings. The van der Waals surface area contributed by atoms with Gasteiger partial charge in [-0.25, -0.2) is 0 Å². The number of azo groups is 1. The first-order valence-corrected chi connectivity index (χ1v) is 12.2. The van der Waals surface area contributed by atoms with Gasteiger partial charge in [-0.05, 0) is 52.9 Å². The van der Waals surface area contributed by atoms with Crippen LogP contribution >= 0.6 is 0 Å². The molecule has 5 aromatic rings. The summed E-state index contributed by atoms with van der Waals surface area (Å²) in [5, 5.41) is 19.0. The Morgan fingerprint density at radius 3 is 2.41 bits per heavy atom. The van der Waals surface area contributed by atoms with E-state index in [2.05, 4.69) is 41.2 Å². The number of rotatable bonds is 7. The number of ether oxygens (including phenoxy) is 1. The van der Waals surface area contributed by atoms with Crippen LogP contribution in [0.25, 0.3) is 22.0 Å². The lowest BCUT2D eigenvalue weighted by atomic mass is 10.0. The van der Waals surface area contributed by atoms with Crippen LogP contribution in [0.5, 0.6) is 11.6 Å². The molecular weight excluding hydrogens is 462 g/mol. The molecular formula is C31H27N3O3. The second kappa shape index (κ2) is 10.5. The van der Waals surface area contributed by atoms with E-state index in [-0.39, 0.29) is 11.6 Å². The van der Waals surface area contributed by atoms with Crippen molar-refractivity contribution in [1.29, 1.82) is 0 Å². The predicted molar refractivity (Wildman–Crippen MR) is 146 cm³/mol. The van der Waals surface area contributed by atoms with Gasteiger partial charge in [0.05, 0.1) is 5.52 Å². The number of aromatic hydroxyl groups is 1. The first-order chi connectivity index (χ1) is 18.0. The Morgan fingerprint density at radius 2 is 1.65 bits per heavy atom. The third kappa shape index (κ3) is 5.28. The molecule has 0 radical (unpaired) electrons. The molecule has 6 heteroatoms. The number of aromatic nitrogens is 1. The van der Waals surface area contributed by atoms with Crippen molar-refractivity contribution in [2.45, 2.75) is 26.4 Å². The monoisotopic (exact) mass is 489 g/mol. The number of nitrogens with zero attached hydrogens (tertiary/aromatic N) is 2. The average molecular weight is 490 g/mol. The van der Waals surface area contributed by atoms with Gasteiger partial charge in [0, 0.05) is 16.5 Å². The summed E-state index contributed by atoms with van der Waals surface area (Å²) >= 11 is 0. The van der Waals surface area contributed by atoms with Crippen molar-refractivity contribution in [1.82, 2.24) is 4.98 Å². The zero-order valence-electron chi connectivity index (χ0n) is 20.7. The van der Waals surface area contributed by atoms with Gasteiger partial charge >= 0.3 is 0 Å². The molecule has 2 N–H and O–H groups in total. The highest BCUT2D eigenvalue weighted by atomic mass is 16.5. The Bertz CT molecular complexity index is 1570. The molecule has 0 aliphatic carbocycles. The van der Waals surface area contributed by atoms with Crippen LogP contribution in [-0.4, -0.2) is 16.0 Å². The van der Waals surface area contributed by atoms with Crippen molar-refractivity contribution >= 4 is 22.5 Å². The van der Waals surface area contributed by atoms with Crippen molar-refractivity contribution in [3.8, 4) is 22.8 Å². The SMILES string of the molecule is CC(C)c1ccc2[nH]c(O)c(N=NC(=O)c3ccc(COc4ccccc4-c4ccccc4)cc3)c2c1. The minimum atomic E-state index is -0.490. The van der Waals surface area contributed by atoms with Gasteiger partial charge in [-0.2, -0.15) is 0 Å². The number of amides is 1. The number of H-pyrrole nitrogens is 1. The largest absolute Gasteiger partial charge is 0.493 e. The standard InChI is InChI=1S/C31H27N3O3/c1-20(2)24-16-17-27-26(18-24)29(31(36)32-27)33-34-30(35)23-14-12-21(13-15-23)19-37-28-11-7-6-10-25(28)22-8-4-3-5-9-22/h3-18,20,32,36H,19H2,1-2H3. The Kier molecular flexibility index (Phi) is 6.81. The fraction of sp³-hybridized carbons (Fsp3) is 0.129. The maximum atomic E-state index is 12.7. The van der Waals surface area contributed by atoms with Gasteiger partial charge in [-0.1, -0.05) is 80.6 Å². The minimum absolute atomic E-state index is 0.115. The molecule has 1 heterocycles. The lowest BCUT2D eigenvalue weighted by Crippen LogP contribution is -1.99. The van der Waals surface area contributed by atoms with E-state index in [9.17, 15) is 9.90 Å². The summed E-state index contributed by atoms with van der Waals surface area (Å²) in [6.07, 6.45) is 0. The molecule has 0 aliphatic rings. The molecule has 37 heavy (non-hydrogen) atoms. The van der Waals surface area contributed by atoms with E-state index < -0.39 is 5.91 Å². The molecule has 0 bridgehead atoms. The van der Waals surface area contributed by atoms with Crippen molar-refractivity contribution < 1.29 is 14.6 Å². The average Bonchev–Trinajstić information content (AvgIpc) is 3.25. The normalized spacial score (nSPS) is 11.4. The smallest absolute Gasteiger partial charge is 0.295 e. The number of aromatic amines is 1. The molecule has 0 aliphatic heterocycles. The van der Waals surface area contributed by atoms with Crippen LogP contribution in [0, 0.1) is 0 Å². The number of fused-ring (bicyclic) bond motifs is 1. The highest BCUT2D eigenvalue weighted by Crippen LogP contribution is 2.37. The van der Waals surface area contributed by atoms with Gasteiger partial charge in [0.15, 0.2) is 5.69 Å². The van der Waals surface area contributed by atoms with Crippen LogP contribution in [0.4, 0.5) is 5.69 Å². The van der Waals surface area contributed by atoms with E-state index in [4.69, 9.17) is 4.74 Å². The highest BCUT2D eigenvalue weighted by molar-refractivity contribution is 5.97. The lowest BCUT2D eigenvalue weighted by molar-refractivity contribution is 0.0995. The number of para-hydroxylation sites is 1. The van der Waals surface area contributed by atoms with Gasteiger partial charge < -0.3 is 14.8 Å². The number of carbonyl (C=O) groups is 1. The fourth-order valence-electron chi connectivity index (χ4n) is 4.15. The van der Waals surface area contributed by atoms with Crippen molar-refractivity contribution in [3.05, 3.63) is 114 Å². The van der Waals surface area contributed by atoms with Gasteiger partial charge in [0.2, 0.25) is 5.88 Å². The Balaban J connectivity index is 1.28. The number of benzene rings is 4. The van der Waals surface area contributed by atoms with E-state index in [0.29, 0.717) is 18.1 Å². The van der Waals surface area contributed by atoms with Crippen LogP contribution in [0.15, 0.2) is 107 Å². The van der Waals surface area contributed by atoms with Crippen LogP contribution in [-0.2, 0) is 6.61 Å². The van der Waals surface area contributed by atoms with Crippen LogP contribution < -0.4 is 4.74 Å². The topological polar surface area (TPSA) is 87.0 Å². The van der Waals surface area contributed by atoms with Gasteiger partial charge in [-0.15, -0.1) is 10.2 Å². The van der Waals surface area contributed by atoms with Crippen LogP contribution in [0.2, 0.25) is 0 Å². The third-order valence-corrected chi connectivity index (χ3v) is 6.25. The molecule has 0 unspecified atom stereocenters. The highest BCUT2D eigenvalue weighted by Gasteiger charge is 2.13. The molecule has 4 aromatic carbocycles. The zero-order valence-corrected chi connectivity index (χ0v) is 20.7. The molecule has 0 atom stereocenters. The number of hydrogen-bond acceptors (Lipinski definition) is 4. The first kappa shape index (κ1) is 24.0. The van der Waals surface area contributed by atoms with E-state index in [0.717, 1.165) is 38.9 Å².